The van der Waals surface area contributed by atoms with Crippen LogP contribution in [-0.4, -0.2) is 19.7 Å². The molecule has 4 nitrogen and oxygen atoms in total. The molecule has 0 heterocycles. The molecule has 0 atom stereocenters. The van der Waals surface area contributed by atoms with Crippen LogP contribution in [-0.2, 0) is 4.74 Å². The number of nitrogen functional groups attached to an aromatic ring is 1. The topological polar surface area (TPSA) is 61.5 Å². The normalized spacial score (nSPS) is 9.80. The molecule has 1 rings (SSSR count). The second kappa shape index (κ2) is 4.63. The van der Waals surface area contributed by atoms with E-state index in [4.69, 9.17) is 15.2 Å². The van der Waals surface area contributed by atoms with E-state index in [2.05, 4.69) is 0 Å². The van der Waals surface area contributed by atoms with Crippen LogP contribution < -0.4 is 10.5 Å². The first kappa shape index (κ1) is 11.3. The van der Waals surface area contributed by atoms with Crippen LogP contribution in [0.4, 0.5) is 10.1 Å². The van der Waals surface area contributed by atoms with Crippen LogP contribution in [0.5, 0.6) is 5.75 Å². The number of hydrogen-bond acceptors (Lipinski definition) is 4. The standard InChI is InChI=1S/C10H12FNO3/c1-3-15-10(13)6-4-7(11)9(14-2)5-8(6)12/h4-5H,3,12H2,1-2H3. The predicted octanol–water partition coefficient (Wildman–Crippen LogP) is 1.59. The number of esters is 1. The molecule has 82 valence electrons. The van der Waals surface area contributed by atoms with Gasteiger partial charge in [-0.1, -0.05) is 0 Å². The van der Waals surface area contributed by atoms with Crippen LogP contribution in [0.15, 0.2) is 12.1 Å². The van der Waals surface area contributed by atoms with Crippen molar-refractivity contribution < 1.29 is 18.7 Å². The third kappa shape index (κ3) is 2.37. The minimum atomic E-state index is -0.644. The van der Waals surface area contributed by atoms with E-state index in [-0.39, 0.29) is 23.6 Å². The van der Waals surface area contributed by atoms with Gasteiger partial charge in [-0.2, -0.15) is 0 Å². The number of rotatable bonds is 3. The van der Waals surface area contributed by atoms with E-state index in [1.165, 1.54) is 13.2 Å². The lowest BCUT2D eigenvalue weighted by Gasteiger charge is -2.08. The van der Waals surface area contributed by atoms with Crippen molar-refractivity contribution in [3.05, 3.63) is 23.5 Å². The van der Waals surface area contributed by atoms with Gasteiger partial charge in [-0.3, -0.25) is 0 Å². The fraction of sp³-hybridized carbons (Fsp3) is 0.300. The molecule has 0 aliphatic carbocycles. The molecular formula is C10H12FNO3. The number of carbonyl (C=O) groups excluding carboxylic acids is 1. The smallest absolute Gasteiger partial charge is 0.340 e. The summed E-state index contributed by atoms with van der Waals surface area (Å²) in [4.78, 5) is 11.3. The van der Waals surface area contributed by atoms with Crippen LogP contribution in [0.2, 0.25) is 0 Å². The minimum absolute atomic E-state index is 0.000508. The number of benzene rings is 1. The maximum atomic E-state index is 13.2. The molecule has 0 radical (unpaired) electrons. The Bertz CT molecular complexity index is 379. The van der Waals surface area contributed by atoms with E-state index in [0.717, 1.165) is 6.07 Å². The van der Waals surface area contributed by atoms with Crippen molar-refractivity contribution >= 4 is 11.7 Å². The van der Waals surface area contributed by atoms with E-state index in [0.29, 0.717) is 0 Å². The van der Waals surface area contributed by atoms with Gasteiger partial charge >= 0.3 is 5.97 Å². The average Bonchev–Trinajstić information content (AvgIpc) is 2.21. The molecule has 0 spiro atoms. The summed E-state index contributed by atoms with van der Waals surface area (Å²) in [5.74, 6) is -1.29. The monoisotopic (exact) mass is 213 g/mol. The Morgan fingerprint density at radius 2 is 2.20 bits per heavy atom. The minimum Gasteiger partial charge on any atom is -0.494 e. The van der Waals surface area contributed by atoms with E-state index in [1.54, 1.807) is 6.92 Å². The molecule has 2 N–H and O–H groups in total. The van der Waals surface area contributed by atoms with Gasteiger partial charge in [0.25, 0.3) is 0 Å². The van der Waals surface area contributed by atoms with Crippen molar-refractivity contribution in [1.29, 1.82) is 0 Å². The Morgan fingerprint density at radius 1 is 1.53 bits per heavy atom. The summed E-state index contributed by atoms with van der Waals surface area (Å²) in [5, 5.41) is 0. The van der Waals surface area contributed by atoms with Crippen LogP contribution in [0.1, 0.15) is 17.3 Å². The lowest BCUT2D eigenvalue weighted by atomic mass is 10.1. The van der Waals surface area contributed by atoms with Crippen LogP contribution in [0.25, 0.3) is 0 Å². The second-order valence-corrected chi connectivity index (χ2v) is 2.79. The Balaban J connectivity index is 3.10. The third-order valence-corrected chi connectivity index (χ3v) is 1.82. The molecule has 0 bridgehead atoms. The molecular weight excluding hydrogens is 201 g/mol. The van der Waals surface area contributed by atoms with Crippen molar-refractivity contribution in [3.63, 3.8) is 0 Å². The molecule has 5 heteroatoms. The van der Waals surface area contributed by atoms with Crippen molar-refractivity contribution in [2.24, 2.45) is 0 Å². The van der Waals surface area contributed by atoms with Crippen LogP contribution in [0, 0.1) is 5.82 Å². The Morgan fingerprint density at radius 3 is 2.73 bits per heavy atom. The van der Waals surface area contributed by atoms with E-state index in [9.17, 15) is 9.18 Å². The number of anilines is 1. The van der Waals surface area contributed by atoms with Crippen molar-refractivity contribution in [3.8, 4) is 5.75 Å². The highest BCUT2D eigenvalue weighted by Gasteiger charge is 2.15. The fourth-order valence-corrected chi connectivity index (χ4v) is 1.11. The van der Waals surface area contributed by atoms with Crippen LogP contribution in [0.3, 0.4) is 0 Å². The lowest BCUT2D eigenvalue weighted by Crippen LogP contribution is -2.09. The van der Waals surface area contributed by atoms with Crippen molar-refractivity contribution in [2.45, 2.75) is 6.92 Å². The molecule has 0 amide bonds. The Hall–Kier alpha value is -1.78. The van der Waals surface area contributed by atoms with Crippen LogP contribution >= 0.6 is 0 Å². The van der Waals surface area contributed by atoms with Crippen molar-refractivity contribution in [2.75, 3.05) is 19.5 Å². The number of methoxy groups -OCH3 is 1. The summed E-state index contributed by atoms with van der Waals surface area (Å²) in [7, 11) is 1.32. The largest absolute Gasteiger partial charge is 0.494 e. The molecule has 1 aromatic carbocycles. The lowest BCUT2D eigenvalue weighted by molar-refractivity contribution is 0.0527. The molecule has 0 saturated carbocycles. The molecule has 0 aliphatic rings. The number of halogens is 1. The van der Waals surface area contributed by atoms with E-state index < -0.39 is 11.8 Å². The van der Waals surface area contributed by atoms with Gasteiger partial charge in [0.2, 0.25) is 0 Å². The van der Waals surface area contributed by atoms with Gasteiger partial charge in [0.15, 0.2) is 11.6 Å². The van der Waals surface area contributed by atoms with E-state index in [1.807, 2.05) is 0 Å². The molecule has 0 unspecified atom stereocenters. The molecule has 0 aromatic heterocycles. The second-order valence-electron chi connectivity index (χ2n) is 2.79. The summed E-state index contributed by atoms with van der Waals surface area (Å²) in [6, 6.07) is 2.26. The van der Waals surface area contributed by atoms with Crippen molar-refractivity contribution in [1.82, 2.24) is 0 Å². The third-order valence-electron chi connectivity index (χ3n) is 1.82. The highest BCUT2D eigenvalue weighted by Crippen LogP contribution is 2.24. The molecule has 0 saturated heterocycles. The average molecular weight is 213 g/mol. The maximum Gasteiger partial charge on any atom is 0.340 e. The SMILES string of the molecule is CCOC(=O)c1cc(F)c(OC)cc1N. The summed E-state index contributed by atoms with van der Waals surface area (Å²) >= 11 is 0. The zero-order valence-electron chi connectivity index (χ0n) is 8.54. The zero-order chi connectivity index (χ0) is 11.4. The number of nitrogens with two attached hydrogens (primary N) is 1. The van der Waals surface area contributed by atoms with E-state index >= 15 is 0 Å². The molecule has 1 aromatic rings. The van der Waals surface area contributed by atoms with Gasteiger partial charge in [0, 0.05) is 6.07 Å². The fourth-order valence-electron chi connectivity index (χ4n) is 1.11. The van der Waals surface area contributed by atoms with Gasteiger partial charge in [-0.05, 0) is 13.0 Å². The number of ether oxygens (including phenoxy) is 2. The first-order chi connectivity index (χ1) is 7.10. The molecule has 0 aliphatic heterocycles. The van der Waals surface area contributed by atoms with Gasteiger partial charge < -0.3 is 15.2 Å². The Kier molecular flexibility index (Phi) is 3.49. The number of carbonyl (C=O) groups is 1. The first-order valence-electron chi connectivity index (χ1n) is 4.40. The summed E-state index contributed by atoms with van der Waals surface area (Å²) < 4.78 is 22.7. The van der Waals surface area contributed by atoms with Gasteiger partial charge in [0.1, 0.15) is 0 Å². The summed E-state index contributed by atoms with van der Waals surface area (Å²) in [6.45, 7) is 1.87. The number of hydrogen-bond donors (Lipinski definition) is 1. The van der Waals surface area contributed by atoms with Gasteiger partial charge in [-0.25, -0.2) is 9.18 Å². The summed E-state index contributed by atoms with van der Waals surface area (Å²) in [5.41, 5.74) is 5.69. The van der Waals surface area contributed by atoms with Gasteiger partial charge in [-0.15, -0.1) is 0 Å². The molecule has 0 fully saturated rings. The highest BCUT2D eigenvalue weighted by molar-refractivity contribution is 5.95. The summed E-state index contributed by atoms with van der Waals surface area (Å²) in [6.07, 6.45) is 0. The Labute approximate surface area is 86.8 Å². The maximum absolute atomic E-state index is 13.2. The van der Waals surface area contributed by atoms with Gasteiger partial charge in [0.05, 0.1) is 25.0 Å². The predicted molar refractivity (Wildman–Crippen MR) is 53.3 cm³/mol. The molecule has 15 heavy (non-hydrogen) atoms. The quantitative estimate of drug-likeness (QED) is 0.611. The zero-order valence-corrected chi connectivity index (χ0v) is 8.54. The highest BCUT2D eigenvalue weighted by atomic mass is 19.1. The first-order valence-corrected chi connectivity index (χ1v) is 4.40.